The molecular weight excluding hydrogens is 223 g/mol. The van der Waals surface area contributed by atoms with Gasteiger partial charge in [0.1, 0.15) is 0 Å². The summed E-state index contributed by atoms with van der Waals surface area (Å²) in [6.07, 6.45) is 0.0573. The summed E-state index contributed by atoms with van der Waals surface area (Å²) in [5.74, 6) is 0. The number of hydrogen-bond donors (Lipinski definition) is 0. The van der Waals surface area contributed by atoms with Gasteiger partial charge in [-0.25, -0.2) is 0 Å². The molecule has 0 atom stereocenters. The third kappa shape index (κ3) is 3.31. The molecule has 0 bridgehead atoms. The van der Waals surface area contributed by atoms with Gasteiger partial charge in [0.15, 0.2) is 0 Å². The second-order valence-corrected chi connectivity index (χ2v) is 8.67. The van der Waals surface area contributed by atoms with Crippen LogP contribution in [0.5, 0.6) is 0 Å². The van der Waals surface area contributed by atoms with Crippen LogP contribution in [0.2, 0.25) is 0 Å². The Morgan fingerprint density at radius 3 is 2.15 bits per heavy atom. The second-order valence-electron chi connectivity index (χ2n) is 3.05. The molecule has 0 aliphatic carbocycles. The van der Waals surface area contributed by atoms with Crippen LogP contribution in [-0.4, -0.2) is 13.0 Å². The maximum atomic E-state index is 6.14. The molecule has 0 saturated heterocycles. The quantitative estimate of drug-likeness (QED) is 0.578. The number of benzene rings is 1. The van der Waals surface area contributed by atoms with Crippen molar-refractivity contribution in [1.29, 1.82) is 0 Å². The fourth-order valence-electron chi connectivity index (χ4n) is 0.996. The van der Waals surface area contributed by atoms with Crippen molar-refractivity contribution in [2.75, 3.05) is 0 Å². The van der Waals surface area contributed by atoms with Gasteiger partial charge in [0, 0.05) is 6.10 Å². The lowest BCUT2D eigenvalue weighted by molar-refractivity contribution is 0.252. The summed E-state index contributed by atoms with van der Waals surface area (Å²) in [7, 11) is 0. The lowest BCUT2D eigenvalue weighted by Gasteiger charge is -2.20. The number of hydrogen-bond acceptors (Lipinski definition) is 1. The minimum Gasteiger partial charge on any atom is -0.387 e. The molecule has 0 N–H and O–H groups in total. The van der Waals surface area contributed by atoms with Gasteiger partial charge in [-0.1, -0.05) is 30.3 Å². The zero-order chi connectivity index (χ0) is 9.90. The minimum absolute atomic E-state index is 0.0573. The summed E-state index contributed by atoms with van der Waals surface area (Å²) >= 11 is 12.3. The molecule has 13 heavy (non-hydrogen) atoms. The zero-order valence-corrected chi connectivity index (χ0v) is 10.1. The Bertz CT molecular complexity index is 262. The van der Waals surface area contributed by atoms with Gasteiger partial charge in [-0.15, -0.1) is 22.2 Å². The van der Waals surface area contributed by atoms with E-state index in [0.29, 0.717) is 0 Å². The summed E-state index contributed by atoms with van der Waals surface area (Å²) < 4.78 is 5.49. The maximum Gasteiger partial charge on any atom is 0.423 e. The van der Waals surface area contributed by atoms with Crippen LogP contribution in [0, 0.1) is 0 Å². The van der Waals surface area contributed by atoms with Crippen LogP contribution < -0.4 is 5.19 Å². The highest BCUT2D eigenvalue weighted by atomic mass is 35.7. The monoisotopic (exact) mass is 234 g/mol. The molecule has 0 unspecified atom stereocenters. The SMILES string of the molecule is CC(C)O[Si](Cl)(Cl)c1ccccc1. The van der Waals surface area contributed by atoms with E-state index in [0.717, 1.165) is 5.19 Å². The Labute approximate surface area is 89.2 Å². The average molecular weight is 235 g/mol. The predicted molar refractivity (Wildman–Crippen MR) is 59.8 cm³/mol. The second kappa shape index (κ2) is 4.47. The highest BCUT2D eigenvalue weighted by Crippen LogP contribution is 2.18. The minimum atomic E-state index is -2.70. The first-order valence-corrected chi connectivity index (χ1v) is 8.07. The lowest BCUT2D eigenvalue weighted by atomic mass is 10.4. The molecule has 0 radical (unpaired) electrons. The van der Waals surface area contributed by atoms with E-state index >= 15 is 0 Å². The average Bonchev–Trinajstić information content (AvgIpc) is 2.04. The molecule has 0 fully saturated rings. The molecule has 1 nitrogen and oxygen atoms in total. The van der Waals surface area contributed by atoms with Crippen LogP contribution in [0.4, 0.5) is 0 Å². The van der Waals surface area contributed by atoms with Crippen molar-refractivity contribution in [3.8, 4) is 0 Å². The first kappa shape index (κ1) is 11.1. The normalized spacial score (nSPS) is 12.1. The molecule has 0 spiro atoms. The van der Waals surface area contributed by atoms with Crippen LogP contribution in [-0.2, 0) is 4.43 Å². The van der Waals surface area contributed by atoms with E-state index in [1.54, 1.807) is 0 Å². The fourth-order valence-corrected chi connectivity index (χ4v) is 4.13. The van der Waals surface area contributed by atoms with E-state index < -0.39 is 6.94 Å². The van der Waals surface area contributed by atoms with Crippen molar-refractivity contribution in [1.82, 2.24) is 0 Å². The van der Waals surface area contributed by atoms with Crippen molar-refractivity contribution >= 4 is 34.3 Å². The van der Waals surface area contributed by atoms with Crippen LogP contribution in [0.1, 0.15) is 13.8 Å². The van der Waals surface area contributed by atoms with E-state index in [1.165, 1.54) is 0 Å². The molecule has 72 valence electrons. The van der Waals surface area contributed by atoms with Crippen molar-refractivity contribution in [3.63, 3.8) is 0 Å². The largest absolute Gasteiger partial charge is 0.423 e. The first-order valence-electron chi connectivity index (χ1n) is 4.13. The van der Waals surface area contributed by atoms with Crippen LogP contribution >= 0.6 is 22.2 Å². The molecule has 0 aliphatic heterocycles. The van der Waals surface area contributed by atoms with E-state index in [1.807, 2.05) is 44.2 Å². The Balaban J connectivity index is 2.81. The van der Waals surface area contributed by atoms with E-state index in [-0.39, 0.29) is 6.10 Å². The summed E-state index contributed by atoms with van der Waals surface area (Å²) in [6.45, 7) is 1.15. The van der Waals surface area contributed by atoms with Crippen LogP contribution in [0.25, 0.3) is 0 Å². The molecule has 0 aliphatic rings. The molecule has 1 rings (SSSR count). The van der Waals surface area contributed by atoms with E-state index in [2.05, 4.69) is 0 Å². The summed E-state index contributed by atoms with van der Waals surface area (Å²) in [6, 6.07) is 9.54. The third-order valence-corrected chi connectivity index (χ3v) is 5.11. The lowest BCUT2D eigenvalue weighted by Crippen LogP contribution is -2.41. The smallest absolute Gasteiger partial charge is 0.387 e. The van der Waals surface area contributed by atoms with Gasteiger partial charge in [0.05, 0.1) is 0 Å². The number of halogens is 2. The summed E-state index contributed by atoms with van der Waals surface area (Å²) in [5.41, 5.74) is 0. The van der Waals surface area contributed by atoms with E-state index in [4.69, 9.17) is 26.6 Å². The molecule has 1 aromatic rings. The Kier molecular flexibility index (Phi) is 3.80. The molecule has 0 amide bonds. The van der Waals surface area contributed by atoms with Crippen molar-refractivity contribution in [3.05, 3.63) is 30.3 Å². The van der Waals surface area contributed by atoms with Gasteiger partial charge in [0.2, 0.25) is 0 Å². The Morgan fingerprint density at radius 1 is 1.15 bits per heavy atom. The maximum absolute atomic E-state index is 6.14. The van der Waals surface area contributed by atoms with Crippen molar-refractivity contribution < 1.29 is 4.43 Å². The first-order chi connectivity index (χ1) is 6.02. The van der Waals surface area contributed by atoms with Gasteiger partial charge < -0.3 is 4.43 Å². The Morgan fingerprint density at radius 2 is 1.69 bits per heavy atom. The van der Waals surface area contributed by atoms with Crippen LogP contribution in [0.15, 0.2) is 30.3 Å². The fraction of sp³-hybridized carbons (Fsp3) is 0.333. The van der Waals surface area contributed by atoms with Gasteiger partial charge in [-0.2, -0.15) is 0 Å². The summed E-state index contributed by atoms with van der Waals surface area (Å²) in [4.78, 5) is 0. The standard InChI is InChI=1S/C9H12Cl2OSi/c1-8(2)12-13(10,11)9-6-4-3-5-7-9/h3-8H,1-2H3. The van der Waals surface area contributed by atoms with Gasteiger partial charge >= 0.3 is 6.94 Å². The molecule has 0 aromatic heterocycles. The van der Waals surface area contributed by atoms with Gasteiger partial charge in [-0.3, -0.25) is 0 Å². The number of rotatable bonds is 3. The highest BCUT2D eigenvalue weighted by Gasteiger charge is 2.34. The third-order valence-electron chi connectivity index (χ3n) is 1.49. The molecular formula is C9H12Cl2OSi. The molecule has 1 aromatic carbocycles. The zero-order valence-electron chi connectivity index (χ0n) is 7.63. The van der Waals surface area contributed by atoms with Crippen molar-refractivity contribution in [2.24, 2.45) is 0 Å². The molecule has 0 saturated carbocycles. The van der Waals surface area contributed by atoms with E-state index in [9.17, 15) is 0 Å². The highest BCUT2D eigenvalue weighted by molar-refractivity contribution is 7.48. The predicted octanol–water partition coefficient (Wildman–Crippen LogP) is 2.74. The summed E-state index contributed by atoms with van der Waals surface area (Å²) in [5, 5.41) is 0.895. The van der Waals surface area contributed by atoms with Crippen molar-refractivity contribution in [2.45, 2.75) is 20.0 Å². The topological polar surface area (TPSA) is 9.23 Å². The van der Waals surface area contributed by atoms with Crippen LogP contribution in [0.3, 0.4) is 0 Å². The molecule has 0 heterocycles. The molecule has 4 heteroatoms. The van der Waals surface area contributed by atoms with Gasteiger partial charge in [-0.05, 0) is 19.0 Å². The van der Waals surface area contributed by atoms with Gasteiger partial charge in [0.25, 0.3) is 0 Å². The Hall–Kier alpha value is -0.0231.